The Morgan fingerprint density at radius 3 is 2.69 bits per heavy atom. The zero-order valence-electron chi connectivity index (χ0n) is 22.4. The molecule has 0 spiro atoms. The van der Waals surface area contributed by atoms with Gasteiger partial charge in [-0.25, -0.2) is 4.79 Å². The number of fused-ring (bicyclic) bond motifs is 2. The first-order valence-corrected chi connectivity index (χ1v) is 17.5. The van der Waals surface area contributed by atoms with Crippen molar-refractivity contribution >= 4 is 45.6 Å². The number of rotatable bonds is 11. The standard InChI is InChI=1S/C27H40F2O7S3/c1-18(12-19-6-3-2-4-7-19)9-10-23(30)35-16-22-17-37-24(38-22)21-13-20-8-5-11-26(14-20,15-21)36-25(31)27(28,29)39(32,33)34/h13,18-19,21-22,24H,2-12,14-17H2,1H3,(H,32,33,34). The molecule has 12 heteroatoms. The van der Waals surface area contributed by atoms with Crippen molar-refractivity contribution < 1.29 is 40.8 Å². The number of alkyl halides is 2. The summed E-state index contributed by atoms with van der Waals surface area (Å²) in [5.41, 5.74) is -0.197. The smallest absolute Gasteiger partial charge is 0.464 e. The van der Waals surface area contributed by atoms with Crippen LogP contribution in [0.15, 0.2) is 11.6 Å². The van der Waals surface area contributed by atoms with Gasteiger partial charge in [-0.1, -0.05) is 50.7 Å². The number of halogens is 2. The van der Waals surface area contributed by atoms with E-state index in [0.717, 1.165) is 30.1 Å². The minimum absolute atomic E-state index is 0.0578. The Balaban J connectivity index is 1.24. The molecule has 222 valence electrons. The summed E-state index contributed by atoms with van der Waals surface area (Å²) in [6.45, 7) is 2.55. The van der Waals surface area contributed by atoms with E-state index in [9.17, 15) is 26.8 Å². The molecule has 0 aromatic heterocycles. The Morgan fingerprint density at radius 2 is 1.97 bits per heavy atom. The lowest BCUT2D eigenvalue weighted by atomic mass is 9.71. The minimum Gasteiger partial charge on any atom is -0.464 e. The van der Waals surface area contributed by atoms with E-state index in [2.05, 4.69) is 13.0 Å². The molecule has 3 aliphatic carbocycles. The van der Waals surface area contributed by atoms with E-state index in [1.807, 2.05) is 0 Å². The molecule has 0 radical (unpaired) electrons. The van der Waals surface area contributed by atoms with Crippen LogP contribution in [0, 0.1) is 17.8 Å². The SMILES string of the molecule is CC(CCC(=O)OCC1CSC(C2C=C3CCCC(OC(=O)C(F)(F)S(=O)(=O)O)(C3)C2)S1)CC1CCCCC1. The van der Waals surface area contributed by atoms with Crippen LogP contribution in [0.2, 0.25) is 0 Å². The molecule has 1 heterocycles. The number of ether oxygens (including phenoxy) is 2. The number of allylic oxidation sites excluding steroid dienone is 1. The van der Waals surface area contributed by atoms with E-state index in [-0.39, 0.29) is 21.7 Å². The predicted octanol–water partition coefficient (Wildman–Crippen LogP) is 6.37. The molecule has 0 amide bonds. The summed E-state index contributed by atoms with van der Waals surface area (Å²) in [4.78, 5) is 24.5. The zero-order chi connectivity index (χ0) is 28.3. The van der Waals surface area contributed by atoms with Gasteiger partial charge in [-0.2, -0.15) is 17.2 Å². The lowest BCUT2D eigenvalue weighted by Gasteiger charge is -2.44. The summed E-state index contributed by atoms with van der Waals surface area (Å²) in [6.07, 6.45) is 13.6. The largest absolute Gasteiger partial charge is 0.465 e. The number of hydrogen-bond donors (Lipinski definition) is 1. The van der Waals surface area contributed by atoms with Gasteiger partial charge in [0.2, 0.25) is 0 Å². The van der Waals surface area contributed by atoms with Gasteiger partial charge in [0.1, 0.15) is 12.2 Å². The maximum atomic E-state index is 13.9. The van der Waals surface area contributed by atoms with Gasteiger partial charge in [-0.3, -0.25) is 9.35 Å². The highest BCUT2D eigenvalue weighted by molar-refractivity contribution is 8.20. The Labute approximate surface area is 238 Å². The highest BCUT2D eigenvalue weighted by atomic mass is 32.2. The van der Waals surface area contributed by atoms with Crippen molar-refractivity contribution in [3.8, 4) is 0 Å². The zero-order valence-corrected chi connectivity index (χ0v) is 24.9. The molecule has 4 aliphatic rings. The van der Waals surface area contributed by atoms with Crippen molar-refractivity contribution in [2.75, 3.05) is 12.4 Å². The first-order chi connectivity index (χ1) is 18.4. The van der Waals surface area contributed by atoms with E-state index in [0.29, 0.717) is 44.6 Å². The second kappa shape index (κ2) is 13.0. The Morgan fingerprint density at radius 1 is 1.23 bits per heavy atom. The van der Waals surface area contributed by atoms with Gasteiger partial charge in [0.05, 0.1) is 4.58 Å². The van der Waals surface area contributed by atoms with E-state index < -0.39 is 26.9 Å². The van der Waals surface area contributed by atoms with Crippen LogP contribution in [0.1, 0.15) is 90.4 Å². The third-order valence-electron chi connectivity index (χ3n) is 8.46. The molecule has 0 aromatic carbocycles. The second-order valence-corrected chi connectivity index (χ2v) is 16.2. The average Bonchev–Trinajstić information content (AvgIpc) is 3.35. The van der Waals surface area contributed by atoms with Crippen LogP contribution >= 0.6 is 23.5 Å². The number of carbonyl (C=O) groups excluding carboxylic acids is 2. The van der Waals surface area contributed by atoms with Crippen molar-refractivity contribution in [3.63, 3.8) is 0 Å². The van der Waals surface area contributed by atoms with Gasteiger partial charge in [-0.05, 0) is 50.4 Å². The molecule has 1 saturated heterocycles. The quantitative estimate of drug-likeness (QED) is 0.162. The van der Waals surface area contributed by atoms with Gasteiger partial charge < -0.3 is 9.47 Å². The summed E-state index contributed by atoms with van der Waals surface area (Å²) in [5.74, 6) is -0.356. The lowest BCUT2D eigenvalue weighted by molar-refractivity contribution is -0.182. The number of carbonyl (C=O) groups is 2. The molecular weight excluding hydrogens is 570 g/mol. The third kappa shape index (κ3) is 8.13. The van der Waals surface area contributed by atoms with Crippen LogP contribution in [0.5, 0.6) is 0 Å². The van der Waals surface area contributed by atoms with Gasteiger partial charge in [0, 0.05) is 29.8 Å². The second-order valence-electron chi connectivity index (χ2n) is 11.8. The van der Waals surface area contributed by atoms with Gasteiger partial charge in [0.15, 0.2) is 0 Å². The molecule has 3 fully saturated rings. The predicted molar refractivity (Wildman–Crippen MR) is 148 cm³/mol. The fraction of sp³-hybridized carbons (Fsp3) is 0.852. The molecule has 39 heavy (non-hydrogen) atoms. The maximum absolute atomic E-state index is 13.9. The summed E-state index contributed by atoms with van der Waals surface area (Å²) in [6, 6.07) is 0. The normalized spacial score (nSPS) is 30.9. The third-order valence-corrected chi connectivity index (χ3v) is 12.8. The van der Waals surface area contributed by atoms with Crippen molar-refractivity contribution in [1.29, 1.82) is 0 Å². The van der Waals surface area contributed by atoms with E-state index in [4.69, 9.17) is 14.0 Å². The van der Waals surface area contributed by atoms with Gasteiger partial charge in [-0.15, -0.1) is 23.5 Å². The number of thioether (sulfide) groups is 2. The van der Waals surface area contributed by atoms with Crippen molar-refractivity contribution in [2.45, 2.75) is 111 Å². The lowest BCUT2D eigenvalue weighted by Crippen LogP contribution is -2.48. The van der Waals surface area contributed by atoms with Crippen LogP contribution in [-0.4, -0.2) is 58.0 Å². The number of esters is 2. The Hall–Kier alpha value is -0.850. The average molecular weight is 611 g/mol. The number of hydrogen-bond acceptors (Lipinski definition) is 8. The van der Waals surface area contributed by atoms with E-state index >= 15 is 0 Å². The van der Waals surface area contributed by atoms with Crippen LogP contribution in [0.25, 0.3) is 0 Å². The summed E-state index contributed by atoms with van der Waals surface area (Å²) < 4.78 is 69.6. The Bertz CT molecular complexity index is 1030. The van der Waals surface area contributed by atoms with Crippen molar-refractivity contribution in [1.82, 2.24) is 0 Å². The summed E-state index contributed by atoms with van der Waals surface area (Å²) in [7, 11) is -5.92. The van der Waals surface area contributed by atoms with Crippen LogP contribution in [0.3, 0.4) is 0 Å². The van der Waals surface area contributed by atoms with Crippen LogP contribution < -0.4 is 0 Å². The molecule has 4 rings (SSSR count). The first-order valence-electron chi connectivity index (χ1n) is 14.1. The highest BCUT2D eigenvalue weighted by Gasteiger charge is 2.57. The molecule has 2 bridgehead atoms. The summed E-state index contributed by atoms with van der Waals surface area (Å²) >= 11 is 3.40. The van der Waals surface area contributed by atoms with Crippen LogP contribution in [0.4, 0.5) is 8.78 Å². The molecule has 0 aromatic rings. The van der Waals surface area contributed by atoms with Crippen molar-refractivity contribution in [3.05, 3.63) is 11.6 Å². The van der Waals surface area contributed by atoms with Gasteiger partial charge >= 0.3 is 27.3 Å². The summed E-state index contributed by atoms with van der Waals surface area (Å²) in [5, 5.41) is -4.89. The molecular formula is C27H40F2O7S3. The molecule has 7 nitrogen and oxygen atoms in total. The van der Waals surface area contributed by atoms with Gasteiger partial charge in [0.25, 0.3) is 0 Å². The van der Waals surface area contributed by atoms with E-state index in [1.54, 1.807) is 23.5 Å². The molecule has 1 aliphatic heterocycles. The molecule has 5 unspecified atom stereocenters. The monoisotopic (exact) mass is 610 g/mol. The van der Waals surface area contributed by atoms with Crippen LogP contribution in [-0.2, 0) is 29.2 Å². The maximum Gasteiger partial charge on any atom is 0.465 e. The molecule has 5 atom stereocenters. The fourth-order valence-electron chi connectivity index (χ4n) is 6.52. The Kier molecular flexibility index (Phi) is 10.4. The minimum atomic E-state index is -5.92. The van der Waals surface area contributed by atoms with E-state index in [1.165, 1.54) is 38.5 Å². The van der Waals surface area contributed by atoms with Crippen molar-refractivity contribution in [2.24, 2.45) is 17.8 Å². The first kappa shape index (κ1) is 31.1. The fourth-order valence-corrected chi connectivity index (χ4v) is 10.2. The highest BCUT2D eigenvalue weighted by Crippen LogP contribution is 2.52. The molecule has 1 N–H and O–H groups in total. The topological polar surface area (TPSA) is 107 Å². The molecule has 2 saturated carbocycles.